The average molecular weight is 375 g/mol. The molecule has 0 unspecified atom stereocenters. The van der Waals surface area contributed by atoms with E-state index in [0.29, 0.717) is 18.7 Å². The Labute approximate surface area is 156 Å². The number of pyridine rings is 1. The number of carbonyl (C=O) groups is 1. The van der Waals surface area contributed by atoms with Gasteiger partial charge in [0.15, 0.2) is 0 Å². The lowest BCUT2D eigenvalue weighted by molar-refractivity contribution is 0.0511. The molecule has 9 heteroatoms. The van der Waals surface area contributed by atoms with Gasteiger partial charge in [-0.25, -0.2) is 9.78 Å². The number of carbonyl (C=O) groups excluding carboxylic acids is 1. The summed E-state index contributed by atoms with van der Waals surface area (Å²) in [6.07, 6.45) is 3.22. The summed E-state index contributed by atoms with van der Waals surface area (Å²) in [6, 6.07) is 1.49. The van der Waals surface area contributed by atoms with Crippen molar-refractivity contribution in [1.29, 1.82) is 0 Å². The number of hydrogen-bond acceptors (Lipinski definition) is 6. The molecule has 1 aliphatic heterocycles. The summed E-state index contributed by atoms with van der Waals surface area (Å²) >= 11 is 0. The Balaban J connectivity index is 1.86. The van der Waals surface area contributed by atoms with Gasteiger partial charge in [-0.05, 0) is 32.0 Å². The lowest BCUT2D eigenvalue weighted by Crippen LogP contribution is -2.47. The van der Waals surface area contributed by atoms with E-state index in [-0.39, 0.29) is 22.4 Å². The second-order valence-electron chi connectivity index (χ2n) is 7.17. The minimum absolute atomic E-state index is 0.0973. The summed E-state index contributed by atoms with van der Waals surface area (Å²) in [5.41, 5.74) is -0.470. The number of piperidine rings is 1. The van der Waals surface area contributed by atoms with E-state index in [0.717, 1.165) is 30.5 Å². The molecule has 2 aromatic heterocycles. The fraction of sp³-hybridized carbons (Fsp3) is 0.556. The molecule has 9 nitrogen and oxygen atoms in total. The Bertz CT molecular complexity index is 967. The van der Waals surface area contributed by atoms with Gasteiger partial charge in [-0.1, -0.05) is 0 Å². The van der Waals surface area contributed by atoms with Gasteiger partial charge < -0.3 is 15.4 Å². The molecule has 0 radical (unpaired) electrons. The van der Waals surface area contributed by atoms with Crippen LogP contribution in [0.15, 0.2) is 21.9 Å². The summed E-state index contributed by atoms with van der Waals surface area (Å²) in [6.45, 7) is 2.85. The fourth-order valence-electron chi connectivity index (χ4n) is 3.59. The molecule has 1 saturated heterocycles. The van der Waals surface area contributed by atoms with Crippen LogP contribution < -0.4 is 21.9 Å². The molecule has 0 saturated carbocycles. The Morgan fingerprint density at radius 2 is 2.00 bits per heavy atom. The third-order valence-corrected chi connectivity index (χ3v) is 5.29. The van der Waals surface area contributed by atoms with E-state index in [9.17, 15) is 14.4 Å². The van der Waals surface area contributed by atoms with Crippen molar-refractivity contribution in [2.24, 2.45) is 19.5 Å². The molecule has 1 fully saturated rings. The Morgan fingerprint density at radius 1 is 1.30 bits per heavy atom. The van der Waals surface area contributed by atoms with Crippen molar-refractivity contribution in [1.82, 2.24) is 24.8 Å². The van der Waals surface area contributed by atoms with Gasteiger partial charge in [0.2, 0.25) is 0 Å². The third-order valence-electron chi connectivity index (χ3n) is 5.29. The highest BCUT2D eigenvalue weighted by Crippen LogP contribution is 2.28. The Morgan fingerprint density at radius 3 is 2.67 bits per heavy atom. The van der Waals surface area contributed by atoms with E-state index in [1.807, 2.05) is 0 Å². The van der Waals surface area contributed by atoms with Crippen LogP contribution in [0.2, 0.25) is 0 Å². The van der Waals surface area contributed by atoms with E-state index in [4.69, 9.17) is 4.74 Å². The lowest BCUT2D eigenvalue weighted by atomic mass is 9.79. The standard InChI is InChI=1S/C18H25N5O4/c1-22-14-13(16(25)23(2)17(22)26)8-12(9-20-14)15(24)21-10-18(11-27-3)4-6-19-7-5-18/h8-9,19H,4-7,10-11H2,1-3H3,(H,21,24). The first-order chi connectivity index (χ1) is 12.9. The predicted octanol–water partition coefficient (Wildman–Crippen LogP) is -0.622. The SMILES string of the molecule is COCC1(CNC(=O)c2cnc3c(c2)c(=O)n(C)c(=O)n3C)CCNCC1. The molecule has 1 amide bonds. The highest BCUT2D eigenvalue weighted by Gasteiger charge is 2.32. The number of fused-ring (bicyclic) bond motifs is 1. The van der Waals surface area contributed by atoms with Gasteiger partial charge in [0.25, 0.3) is 11.5 Å². The Hall–Kier alpha value is -2.52. The normalized spacial score (nSPS) is 16.4. The van der Waals surface area contributed by atoms with Crippen LogP contribution in [0.4, 0.5) is 0 Å². The van der Waals surface area contributed by atoms with Crippen molar-refractivity contribution < 1.29 is 9.53 Å². The molecule has 0 aliphatic carbocycles. The van der Waals surface area contributed by atoms with Crippen molar-refractivity contribution in [3.8, 4) is 0 Å². The first kappa shape index (κ1) is 19.2. The highest BCUT2D eigenvalue weighted by atomic mass is 16.5. The summed E-state index contributed by atoms with van der Waals surface area (Å²) in [5.74, 6) is -0.297. The molecular weight excluding hydrogens is 350 g/mol. The van der Waals surface area contributed by atoms with Crippen LogP contribution in [0.25, 0.3) is 11.0 Å². The molecule has 27 heavy (non-hydrogen) atoms. The van der Waals surface area contributed by atoms with E-state index in [2.05, 4.69) is 15.6 Å². The van der Waals surface area contributed by atoms with Crippen LogP contribution in [0.1, 0.15) is 23.2 Å². The van der Waals surface area contributed by atoms with Crippen molar-refractivity contribution in [2.75, 3.05) is 33.4 Å². The maximum absolute atomic E-state index is 12.6. The van der Waals surface area contributed by atoms with E-state index in [1.54, 1.807) is 14.2 Å². The lowest BCUT2D eigenvalue weighted by Gasteiger charge is -2.37. The molecule has 2 N–H and O–H groups in total. The number of rotatable bonds is 5. The van der Waals surface area contributed by atoms with Gasteiger partial charge in [-0.3, -0.25) is 18.7 Å². The number of nitrogens with zero attached hydrogens (tertiary/aromatic N) is 3. The maximum atomic E-state index is 12.6. The number of amides is 1. The fourth-order valence-corrected chi connectivity index (χ4v) is 3.59. The topological polar surface area (TPSA) is 107 Å². The first-order valence-electron chi connectivity index (χ1n) is 8.92. The monoisotopic (exact) mass is 375 g/mol. The van der Waals surface area contributed by atoms with Crippen LogP contribution >= 0.6 is 0 Å². The minimum atomic E-state index is -0.468. The number of methoxy groups -OCH3 is 1. The highest BCUT2D eigenvalue weighted by molar-refractivity contribution is 5.96. The van der Waals surface area contributed by atoms with Crippen LogP contribution in [-0.4, -0.2) is 53.4 Å². The smallest absolute Gasteiger partial charge is 0.332 e. The van der Waals surface area contributed by atoms with Crippen LogP contribution in [0.3, 0.4) is 0 Å². The summed E-state index contributed by atoms with van der Waals surface area (Å²) in [5, 5.41) is 6.51. The summed E-state index contributed by atoms with van der Waals surface area (Å²) < 4.78 is 7.67. The molecular formula is C18H25N5O4. The number of hydrogen-bond donors (Lipinski definition) is 2. The molecule has 0 atom stereocenters. The van der Waals surface area contributed by atoms with E-state index in [1.165, 1.54) is 23.9 Å². The number of aromatic nitrogens is 3. The van der Waals surface area contributed by atoms with Crippen molar-refractivity contribution in [3.63, 3.8) is 0 Å². The zero-order valence-electron chi connectivity index (χ0n) is 15.9. The third kappa shape index (κ3) is 3.65. The Kier molecular flexibility index (Phi) is 5.43. The molecule has 1 aliphatic rings. The maximum Gasteiger partial charge on any atom is 0.332 e. The van der Waals surface area contributed by atoms with Gasteiger partial charge >= 0.3 is 5.69 Å². The van der Waals surface area contributed by atoms with Crippen molar-refractivity contribution >= 4 is 16.9 Å². The zero-order valence-corrected chi connectivity index (χ0v) is 15.9. The van der Waals surface area contributed by atoms with Gasteiger partial charge in [0.1, 0.15) is 5.65 Å². The van der Waals surface area contributed by atoms with Crippen LogP contribution in [0.5, 0.6) is 0 Å². The number of aryl methyl sites for hydroxylation is 1. The minimum Gasteiger partial charge on any atom is -0.384 e. The molecule has 146 valence electrons. The largest absolute Gasteiger partial charge is 0.384 e. The summed E-state index contributed by atoms with van der Waals surface area (Å²) in [7, 11) is 4.61. The molecule has 2 aromatic rings. The van der Waals surface area contributed by atoms with Gasteiger partial charge in [-0.2, -0.15) is 0 Å². The second-order valence-corrected chi connectivity index (χ2v) is 7.17. The molecule has 0 aromatic carbocycles. The molecule has 0 spiro atoms. The van der Waals surface area contributed by atoms with Crippen molar-refractivity contribution in [2.45, 2.75) is 12.8 Å². The van der Waals surface area contributed by atoms with Gasteiger partial charge in [0.05, 0.1) is 17.6 Å². The van der Waals surface area contributed by atoms with Gasteiger partial charge in [0, 0.05) is 39.4 Å². The van der Waals surface area contributed by atoms with Crippen LogP contribution in [-0.2, 0) is 18.8 Å². The van der Waals surface area contributed by atoms with E-state index < -0.39 is 11.2 Å². The average Bonchev–Trinajstić information content (AvgIpc) is 2.69. The number of ether oxygens (including phenoxy) is 1. The van der Waals surface area contributed by atoms with E-state index >= 15 is 0 Å². The predicted molar refractivity (Wildman–Crippen MR) is 101 cm³/mol. The molecule has 3 heterocycles. The van der Waals surface area contributed by atoms with Crippen molar-refractivity contribution in [3.05, 3.63) is 38.7 Å². The quantitative estimate of drug-likeness (QED) is 0.721. The van der Waals surface area contributed by atoms with Crippen LogP contribution in [0, 0.1) is 5.41 Å². The first-order valence-corrected chi connectivity index (χ1v) is 8.92. The summed E-state index contributed by atoms with van der Waals surface area (Å²) in [4.78, 5) is 41.2. The molecule has 0 bridgehead atoms. The second kappa shape index (κ2) is 7.61. The zero-order chi connectivity index (χ0) is 19.6. The number of nitrogens with one attached hydrogen (secondary N) is 2. The molecule has 3 rings (SSSR count). The van der Waals surface area contributed by atoms with Gasteiger partial charge in [-0.15, -0.1) is 0 Å².